The number of likely N-dealkylation sites (tertiary alicyclic amines) is 2. The van der Waals surface area contributed by atoms with Gasteiger partial charge in [-0.05, 0) is 44.4 Å². The molecule has 2 aliphatic rings. The van der Waals surface area contributed by atoms with Gasteiger partial charge in [0.15, 0.2) is 0 Å². The summed E-state index contributed by atoms with van der Waals surface area (Å²) in [5.74, 6) is 0.114. The monoisotopic (exact) mass is 335 g/mol. The van der Waals surface area contributed by atoms with E-state index >= 15 is 0 Å². The van der Waals surface area contributed by atoms with Crippen LogP contribution in [0.2, 0.25) is 0 Å². The fourth-order valence-electron chi connectivity index (χ4n) is 4.55. The van der Waals surface area contributed by atoms with Crippen LogP contribution in [-0.2, 0) is 0 Å². The molecule has 2 aromatic rings. The summed E-state index contributed by atoms with van der Waals surface area (Å²) in [6.45, 7) is 7.60. The normalized spacial score (nSPS) is 24.1. The lowest BCUT2D eigenvalue weighted by atomic mass is 9.86. The number of aromatic nitrogens is 1. The highest BCUT2D eigenvalue weighted by Crippen LogP contribution is 2.37. The number of pyridine rings is 1. The molecule has 0 bridgehead atoms. The van der Waals surface area contributed by atoms with Gasteiger partial charge in [0.2, 0.25) is 0 Å². The Morgan fingerprint density at radius 1 is 1.24 bits per heavy atom. The van der Waals surface area contributed by atoms with Gasteiger partial charge in [0.05, 0.1) is 11.1 Å². The molecule has 1 aromatic heterocycles. The van der Waals surface area contributed by atoms with E-state index in [1.807, 2.05) is 41.3 Å². The fraction of sp³-hybridized carbons (Fsp3) is 0.429. The SMILES string of the molecule is C=CCN1CCCC12CCCN(C(=O)c1cnc3ccccc3c1)C2. The average Bonchev–Trinajstić information content (AvgIpc) is 3.02. The minimum absolute atomic E-state index is 0.114. The Labute approximate surface area is 149 Å². The lowest BCUT2D eigenvalue weighted by molar-refractivity contribution is 0.0367. The molecule has 0 saturated carbocycles. The predicted molar refractivity (Wildman–Crippen MR) is 101 cm³/mol. The molecular weight excluding hydrogens is 310 g/mol. The van der Waals surface area contributed by atoms with E-state index in [9.17, 15) is 4.79 Å². The van der Waals surface area contributed by atoms with Crippen molar-refractivity contribution in [3.8, 4) is 0 Å². The summed E-state index contributed by atoms with van der Waals surface area (Å²) in [4.78, 5) is 22.1. The topological polar surface area (TPSA) is 36.4 Å². The largest absolute Gasteiger partial charge is 0.337 e. The van der Waals surface area contributed by atoms with Crippen molar-refractivity contribution in [1.29, 1.82) is 0 Å². The highest BCUT2D eigenvalue weighted by molar-refractivity contribution is 5.97. The molecule has 4 nitrogen and oxygen atoms in total. The smallest absolute Gasteiger partial charge is 0.255 e. The van der Waals surface area contributed by atoms with Crippen LogP contribution in [0, 0.1) is 0 Å². The Hall–Kier alpha value is -2.20. The Kier molecular flexibility index (Phi) is 4.30. The summed E-state index contributed by atoms with van der Waals surface area (Å²) >= 11 is 0. The molecule has 1 unspecified atom stereocenters. The Morgan fingerprint density at radius 3 is 2.88 bits per heavy atom. The number of carbonyl (C=O) groups excluding carboxylic acids is 1. The van der Waals surface area contributed by atoms with Gasteiger partial charge in [-0.25, -0.2) is 0 Å². The molecule has 1 amide bonds. The molecule has 0 radical (unpaired) electrons. The van der Waals surface area contributed by atoms with Crippen LogP contribution in [0.3, 0.4) is 0 Å². The molecule has 1 atom stereocenters. The second-order valence-corrected chi connectivity index (χ2v) is 7.31. The lowest BCUT2D eigenvalue weighted by Crippen LogP contribution is -2.56. The van der Waals surface area contributed by atoms with Crippen molar-refractivity contribution in [3.63, 3.8) is 0 Å². The molecule has 2 fully saturated rings. The van der Waals surface area contributed by atoms with Gasteiger partial charge in [-0.3, -0.25) is 14.7 Å². The summed E-state index contributed by atoms with van der Waals surface area (Å²) in [7, 11) is 0. The van der Waals surface area contributed by atoms with Crippen molar-refractivity contribution >= 4 is 16.8 Å². The van der Waals surface area contributed by atoms with Crippen LogP contribution in [-0.4, -0.2) is 52.4 Å². The number of fused-ring (bicyclic) bond motifs is 1. The van der Waals surface area contributed by atoms with E-state index in [0.29, 0.717) is 5.56 Å². The van der Waals surface area contributed by atoms with Gasteiger partial charge in [-0.1, -0.05) is 24.3 Å². The van der Waals surface area contributed by atoms with E-state index in [0.717, 1.165) is 43.5 Å². The first-order valence-electron chi connectivity index (χ1n) is 9.22. The van der Waals surface area contributed by atoms with Crippen LogP contribution >= 0.6 is 0 Å². The van der Waals surface area contributed by atoms with Crippen LogP contribution in [0.25, 0.3) is 10.9 Å². The Balaban J connectivity index is 1.57. The number of amides is 1. The second kappa shape index (κ2) is 6.60. The van der Waals surface area contributed by atoms with Crippen LogP contribution in [0.1, 0.15) is 36.0 Å². The number of hydrogen-bond donors (Lipinski definition) is 0. The molecule has 4 heteroatoms. The molecule has 4 rings (SSSR count). The minimum Gasteiger partial charge on any atom is -0.337 e. The van der Waals surface area contributed by atoms with Gasteiger partial charge >= 0.3 is 0 Å². The van der Waals surface area contributed by atoms with Gasteiger partial charge in [0.1, 0.15) is 0 Å². The van der Waals surface area contributed by atoms with Gasteiger partial charge in [0, 0.05) is 36.8 Å². The highest BCUT2D eigenvalue weighted by atomic mass is 16.2. The van der Waals surface area contributed by atoms with Crippen LogP contribution < -0.4 is 0 Å². The van der Waals surface area contributed by atoms with E-state index in [2.05, 4.69) is 16.5 Å². The molecule has 2 aliphatic heterocycles. The molecule has 3 heterocycles. The zero-order valence-electron chi connectivity index (χ0n) is 14.7. The molecule has 1 spiro atoms. The molecule has 0 N–H and O–H groups in total. The maximum absolute atomic E-state index is 13.1. The molecule has 2 saturated heterocycles. The number of benzene rings is 1. The number of rotatable bonds is 3. The third-order valence-corrected chi connectivity index (χ3v) is 5.77. The summed E-state index contributed by atoms with van der Waals surface area (Å²) in [5, 5.41) is 1.02. The van der Waals surface area contributed by atoms with Crippen molar-refractivity contribution in [2.24, 2.45) is 0 Å². The number of para-hydroxylation sites is 1. The molecular formula is C21H25N3O. The van der Waals surface area contributed by atoms with Crippen LogP contribution in [0.15, 0.2) is 49.2 Å². The second-order valence-electron chi connectivity index (χ2n) is 7.31. The average molecular weight is 335 g/mol. The summed E-state index contributed by atoms with van der Waals surface area (Å²) in [6.07, 6.45) is 8.36. The standard InChI is InChI=1S/C21H25N3O/c1-2-11-24-13-6-10-21(24)9-5-12-23(16-21)20(25)18-14-17-7-3-4-8-19(17)22-15-18/h2-4,7-8,14-15H,1,5-6,9-13,16H2. The first kappa shape index (κ1) is 16.3. The van der Waals surface area contributed by atoms with Crippen molar-refractivity contribution in [2.45, 2.75) is 31.2 Å². The maximum atomic E-state index is 13.1. The summed E-state index contributed by atoms with van der Waals surface area (Å²) in [6, 6.07) is 9.92. The Morgan fingerprint density at radius 2 is 2.04 bits per heavy atom. The van der Waals surface area contributed by atoms with Crippen molar-refractivity contribution in [3.05, 3.63) is 54.7 Å². The van der Waals surface area contributed by atoms with Gasteiger partial charge in [-0.15, -0.1) is 6.58 Å². The highest BCUT2D eigenvalue weighted by Gasteiger charge is 2.44. The number of piperidine rings is 1. The number of nitrogens with zero attached hydrogens (tertiary/aromatic N) is 3. The molecule has 25 heavy (non-hydrogen) atoms. The molecule has 1 aromatic carbocycles. The quantitative estimate of drug-likeness (QED) is 0.806. The van der Waals surface area contributed by atoms with E-state index < -0.39 is 0 Å². The first-order chi connectivity index (χ1) is 12.2. The first-order valence-corrected chi connectivity index (χ1v) is 9.22. The van der Waals surface area contributed by atoms with Crippen LogP contribution in [0.4, 0.5) is 0 Å². The van der Waals surface area contributed by atoms with Gasteiger partial charge in [-0.2, -0.15) is 0 Å². The fourth-order valence-corrected chi connectivity index (χ4v) is 4.55. The van der Waals surface area contributed by atoms with E-state index in [1.54, 1.807) is 6.20 Å². The third-order valence-electron chi connectivity index (χ3n) is 5.77. The van der Waals surface area contributed by atoms with Gasteiger partial charge < -0.3 is 4.90 Å². The van der Waals surface area contributed by atoms with Crippen molar-refractivity contribution < 1.29 is 4.79 Å². The summed E-state index contributed by atoms with van der Waals surface area (Å²) < 4.78 is 0. The predicted octanol–water partition coefficient (Wildman–Crippen LogP) is 3.49. The van der Waals surface area contributed by atoms with E-state index in [-0.39, 0.29) is 11.4 Å². The summed E-state index contributed by atoms with van der Waals surface area (Å²) in [5.41, 5.74) is 1.78. The number of carbonyl (C=O) groups is 1. The minimum atomic E-state index is 0.114. The van der Waals surface area contributed by atoms with Gasteiger partial charge in [0.25, 0.3) is 5.91 Å². The third kappa shape index (κ3) is 2.95. The molecule has 0 aliphatic carbocycles. The molecule has 130 valence electrons. The van der Waals surface area contributed by atoms with Crippen molar-refractivity contribution in [1.82, 2.24) is 14.8 Å². The van der Waals surface area contributed by atoms with E-state index in [1.165, 1.54) is 19.3 Å². The zero-order valence-corrected chi connectivity index (χ0v) is 14.7. The maximum Gasteiger partial charge on any atom is 0.255 e. The number of hydrogen-bond acceptors (Lipinski definition) is 3. The van der Waals surface area contributed by atoms with E-state index in [4.69, 9.17) is 0 Å². The lowest BCUT2D eigenvalue weighted by Gasteiger charge is -2.45. The van der Waals surface area contributed by atoms with Crippen LogP contribution in [0.5, 0.6) is 0 Å². The zero-order chi connectivity index (χ0) is 17.3. The Bertz CT molecular complexity index is 803. The van der Waals surface area contributed by atoms with Crippen molar-refractivity contribution in [2.75, 3.05) is 26.2 Å².